The van der Waals surface area contributed by atoms with Crippen LogP contribution in [0.3, 0.4) is 0 Å². The summed E-state index contributed by atoms with van der Waals surface area (Å²) in [4.78, 5) is 36.3. The maximum atomic E-state index is 14.4. The number of benzene rings is 2. The third-order valence-corrected chi connectivity index (χ3v) is 9.28. The number of anilines is 1. The van der Waals surface area contributed by atoms with Crippen LogP contribution in [0.15, 0.2) is 59.0 Å². The van der Waals surface area contributed by atoms with Crippen LogP contribution >= 0.6 is 0 Å². The molecule has 3 fully saturated rings. The number of piperidine rings is 1. The van der Waals surface area contributed by atoms with Crippen molar-refractivity contribution in [3.05, 3.63) is 60.2 Å². The Morgan fingerprint density at radius 3 is 2.92 bits per heavy atom. The van der Waals surface area contributed by atoms with Gasteiger partial charge in [-0.1, -0.05) is 31.5 Å². The van der Waals surface area contributed by atoms with Crippen molar-refractivity contribution in [2.75, 3.05) is 32.2 Å². The van der Waals surface area contributed by atoms with Gasteiger partial charge in [0, 0.05) is 19.0 Å². The van der Waals surface area contributed by atoms with Gasteiger partial charge in [0.1, 0.15) is 16.7 Å². The molecule has 8 heteroatoms. The zero-order valence-electron chi connectivity index (χ0n) is 21.2. The fourth-order valence-electron chi connectivity index (χ4n) is 7.71. The molecule has 0 amide bonds. The van der Waals surface area contributed by atoms with Crippen LogP contribution in [0.1, 0.15) is 36.5 Å². The highest BCUT2D eigenvalue weighted by Gasteiger charge is 2.87. The van der Waals surface area contributed by atoms with Crippen LogP contribution in [-0.4, -0.2) is 60.1 Å². The number of ether oxygens (including phenoxy) is 2. The van der Waals surface area contributed by atoms with Crippen LogP contribution in [0.2, 0.25) is 0 Å². The van der Waals surface area contributed by atoms with Crippen LogP contribution in [-0.2, 0) is 14.3 Å². The number of fused-ring (bicyclic) bond motifs is 3. The van der Waals surface area contributed by atoms with Gasteiger partial charge in [0.2, 0.25) is 0 Å². The smallest absolute Gasteiger partial charge is 0.337 e. The largest absolute Gasteiger partial charge is 0.504 e. The average molecular weight is 500 g/mol. The molecule has 3 aromatic rings. The average Bonchev–Trinajstić information content (AvgIpc) is 3.29. The number of hydrogen-bond acceptors (Lipinski definition) is 8. The minimum absolute atomic E-state index is 0.0526. The molecule has 0 aliphatic carbocycles. The van der Waals surface area contributed by atoms with E-state index in [1.807, 2.05) is 30.3 Å². The summed E-state index contributed by atoms with van der Waals surface area (Å²) in [7, 11) is 2.96. The first-order chi connectivity index (χ1) is 18.0. The number of methoxy groups -OCH3 is 2. The van der Waals surface area contributed by atoms with E-state index in [1.54, 1.807) is 7.11 Å². The molecule has 5 heterocycles. The monoisotopic (exact) mass is 499 g/mol. The molecule has 4 aliphatic rings. The van der Waals surface area contributed by atoms with Gasteiger partial charge in [-0.3, -0.25) is 9.69 Å². The number of rotatable bonds is 5. The lowest BCUT2D eigenvalue weighted by atomic mass is 9.73. The van der Waals surface area contributed by atoms with E-state index in [-0.39, 0.29) is 23.6 Å². The number of carbonyl (C=O) groups is 2. The number of carbonyl (C=O) groups excluding carboxylic acids is 2. The SMILES string of the molecule is CC[C@@H]1CN2CC[C@]34C(=O)c5c(-c6ccc7ocnc7c6)cccc5N3[C@@]24C[C@@H]1/C(=C\OC)C(=O)OC. The molecule has 4 atom stereocenters. The topological polar surface area (TPSA) is 84.9 Å². The molecule has 190 valence electrons. The van der Waals surface area contributed by atoms with Crippen molar-refractivity contribution >= 4 is 28.5 Å². The van der Waals surface area contributed by atoms with E-state index >= 15 is 0 Å². The lowest BCUT2D eigenvalue weighted by Gasteiger charge is -2.44. The fourth-order valence-corrected chi connectivity index (χ4v) is 7.71. The quantitative estimate of drug-likeness (QED) is 0.221. The number of nitrogens with zero attached hydrogens (tertiary/aromatic N) is 3. The van der Waals surface area contributed by atoms with Gasteiger partial charge in [-0.25, -0.2) is 9.78 Å². The summed E-state index contributed by atoms with van der Waals surface area (Å²) >= 11 is 0. The maximum Gasteiger partial charge on any atom is 0.337 e. The lowest BCUT2D eigenvalue weighted by Crippen LogP contribution is -2.53. The molecule has 3 saturated heterocycles. The van der Waals surface area contributed by atoms with Crippen molar-refractivity contribution in [3.8, 4) is 11.1 Å². The Morgan fingerprint density at radius 2 is 2.14 bits per heavy atom. The number of Topliss-reactive ketones (excluding diaryl/α,β-unsaturated/α-hetero) is 1. The lowest BCUT2D eigenvalue weighted by molar-refractivity contribution is -0.137. The van der Waals surface area contributed by atoms with Crippen molar-refractivity contribution in [1.29, 1.82) is 0 Å². The Hall–Kier alpha value is -3.65. The Labute approximate surface area is 214 Å². The van der Waals surface area contributed by atoms with Crippen molar-refractivity contribution in [2.45, 2.75) is 37.4 Å². The standard InChI is InChI=1S/C29H29N3O5/c1-4-17-14-31-11-10-28-26(33)25-19(18-8-9-24-22(12-18)30-16-37-24)6-5-7-23(25)32(28)29(28,31)13-20(17)21(15-35-2)27(34)36-3/h5-9,12,15-17,20H,4,10-11,13-14H2,1-3H3/b21-15+/t17-,20+,28-,29-,32?/m1/s1. The summed E-state index contributed by atoms with van der Waals surface area (Å²) in [5.41, 5.74) is 4.70. The van der Waals surface area contributed by atoms with Gasteiger partial charge < -0.3 is 18.8 Å². The molecule has 1 aromatic heterocycles. The van der Waals surface area contributed by atoms with Gasteiger partial charge in [0.25, 0.3) is 0 Å². The van der Waals surface area contributed by atoms with Crippen molar-refractivity contribution in [3.63, 3.8) is 0 Å². The van der Waals surface area contributed by atoms with Crippen molar-refractivity contribution in [1.82, 2.24) is 9.88 Å². The number of ketones is 1. The highest BCUT2D eigenvalue weighted by atomic mass is 16.5. The summed E-state index contributed by atoms with van der Waals surface area (Å²) in [6.45, 7) is 3.87. The molecule has 0 unspecified atom stereocenters. The van der Waals surface area contributed by atoms with Crippen molar-refractivity contribution < 1.29 is 23.5 Å². The zero-order valence-corrected chi connectivity index (χ0v) is 21.2. The van der Waals surface area contributed by atoms with E-state index in [9.17, 15) is 9.59 Å². The molecule has 2 aromatic carbocycles. The molecule has 7 rings (SSSR count). The zero-order chi connectivity index (χ0) is 25.5. The van der Waals surface area contributed by atoms with Gasteiger partial charge in [-0.05, 0) is 48.1 Å². The molecular formula is C29H29N3O5. The van der Waals surface area contributed by atoms with Gasteiger partial charge >= 0.3 is 5.97 Å². The van der Waals surface area contributed by atoms with Crippen LogP contribution < -0.4 is 4.90 Å². The molecular weight excluding hydrogens is 470 g/mol. The Kier molecular flexibility index (Phi) is 4.68. The number of hydrogen-bond donors (Lipinski definition) is 0. The highest BCUT2D eigenvalue weighted by molar-refractivity contribution is 6.24. The summed E-state index contributed by atoms with van der Waals surface area (Å²) in [6, 6.07) is 12.0. The highest BCUT2D eigenvalue weighted by Crippen LogP contribution is 2.72. The second kappa shape index (κ2) is 7.68. The molecule has 8 nitrogen and oxygen atoms in total. The van der Waals surface area contributed by atoms with Crippen molar-refractivity contribution in [2.24, 2.45) is 11.8 Å². The second-order valence-corrected chi connectivity index (χ2v) is 10.6. The molecule has 0 saturated carbocycles. The van der Waals surface area contributed by atoms with Crippen LogP contribution in [0.5, 0.6) is 0 Å². The van der Waals surface area contributed by atoms with Gasteiger partial charge in [0.05, 0.1) is 37.3 Å². The summed E-state index contributed by atoms with van der Waals surface area (Å²) in [5, 5.41) is 0. The van der Waals surface area contributed by atoms with E-state index < -0.39 is 11.2 Å². The molecule has 0 radical (unpaired) electrons. The molecule has 37 heavy (non-hydrogen) atoms. The normalized spacial score (nSPS) is 30.1. The summed E-state index contributed by atoms with van der Waals surface area (Å²) in [6.07, 6.45) is 5.38. The van der Waals surface area contributed by atoms with E-state index in [0.29, 0.717) is 12.0 Å². The summed E-state index contributed by atoms with van der Waals surface area (Å²) in [5.74, 6) is 0.0484. The van der Waals surface area contributed by atoms with Gasteiger partial charge in [-0.2, -0.15) is 0 Å². The van der Waals surface area contributed by atoms with E-state index in [1.165, 1.54) is 19.8 Å². The first kappa shape index (κ1) is 22.5. The Morgan fingerprint density at radius 1 is 1.27 bits per heavy atom. The minimum atomic E-state index is -0.589. The predicted octanol–water partition coefficient (Wildman–Crippen LogP) is 4.40. The Bertz CT molecular complexity index is 1490. The predicted molar refractivity (Wildman–Crippen MR) is 137 cm³/mol. The Balaban J connectivity index is 1.33. The molecule has 4 aliphatic heterocycles. The second-order valence-electron chi connectivity index (χ2n) is 10.6. The van der Waals surface area contributed by atoms with Gasteiger partial charge in [-0.15, -0.1) is 0 Å². The van der Waals surface area contributed by atoms with E-state index in [4.69, 9.17) is 13.9 Å². The number of esters is 1. The summed E-state index contributed by atoms with van der Waals surface area (Å²) < 4.78 is 15.9. The molecule has 2 spiro atoms. The molecule has 0 bridgehead atoms. The third-order valence-electron chi connectivity index (χ3n) is 9.28. The van der Waals surface area contributed by atoms with Crippen LogP contribution in [0.25, 0.3) is 22.2 Å². The first-order valence-corrected chi connectivity index (χ1v) is 12.9. The first-order valence-electron chi connectivity index (χ1n) is 12.9. The van der Waals surface area contributed by atoms with Crippen LogP contribution in [0.4, 0.5) is 5.69 Å². The number of aromatic nitrogens is 1. The third kappa shape index (κ3) is 2.63. The number of oxazole rings is 1. The maximum absolute atomic E-state index is 14.4. The fraction of sp³-hybridized carbons (Fsp3) is 0.414. The minimum Gasteiger partial charge on any atom is -0.504 e. The van der Waals surface area contributed by atoms with E-state index in [2.05, 4.69) is 27.8 Å². The van der Waals surface area contributed by atoms with Gasteiger partial charge in [0.15, 0.2) is 17.8 Å². The van der Waals surface area contributed by atoms with Crippen LogP contribution in [0, 0.1) is 11.8 Å². The van der Waals surface area contributed by atoms with E-state index in [0.717, 1.165) is 59.4 Å². The molecule has 0 N–H and O–H groups in total.